The van der Waals surface area contributed by atoms with Crippen LogP contribution in [0.1, 0.15) is 30.8 Å². The van der Waals surface area contributed by atoms with E-state index in [1.807, 2.05) is 6.92 Å². The zero-order valence-electron chi connectivity index (χ0n) is 8.51. The molecule has 1 aromatic heterocycles. The molecule has 0 unspecified atom stereocenters. The van der Waals surface area contributed by atoms with Crippen LogP contribution in [0.25, 0.3) is 0 Å². The van der Waals surface area contributed by atoms with Crippen LogP contribution < -0.4 is 4.04 Å². The van der Waals surface area contributed by atoms with Crippen molar-refractivity contribution >= 4 is 10.3 Å². The van der Waals surface area contributed by atoms with Crippen LogP contribution in [0.15, 0.2) is 12.2 Å². The molecule has 0 aromatic carbocycles. The minimum absolute atomic E-state index is 0.815. The molecule has 0 aliphatic heterocycles. The molecule has 2 N–H and O–H groups in total. The van der Waals surface area contributed by atoms with Crippen molar-refractivity contribution in [3.05, 3.63) is 29.1 Å². The first-order chi connectivity index (χ1) is 6.60. The Morgan fingerprint density at radius 1 is 1.57 bits per heavy atom. The van der Waals surface area contributed by atoms with E-state index in [1.165, 1.54) is 11.9 Å². The standard InChI is InChI=1S/C11H15N2.Pd/c1-4-10-6-9(7-12)11(13-10)5-8(2)3;/h7,12-13H,2,4-5H2,1,3H3;. The molecule has 1 heterocycles. The van der Waals surface area contributed by atoms with Crippen LogP contribution in [-0.4, -0.2) is 11.2 Å². The van der Waals surface area contributed by atoms with E-state index < -0.39 is 0 Å². The van der Waals surface area contributed by atoms with E-state index in [0.29, 0.717) is 0 Å². The van der Waals surface area contributed by atoms with E-state index in [1.54, 1.807) is 0 Å². The van der Waals surface area contributed by atoms with E-state index in [4.69, 9.17) is 5.41 Å². The Morgan fingerprint density at radius 2 is 2.21 bits per heavy atom. The number of H-pyrrole nitrogens is 1. The monoisotopic (exact) mass is 281 g/mol. The molecule has 79 valence electrons. The van der Waals surface area contributed by atoms with Crippen molar-refractivity contribution in [2.75, 3.05) is 0 Å². The van der Waals surface area contributed by atoms with Gasteiger partial charge in [0.15, 0.2) is 0 Å². The molecule has 0 amide bonds. The van der Waals surface area contributed by atoms with Crippen molar-refractivity contribution in [1.82, 2.24) is 4.98 Å². The number of aryl methyl sites for hydroxylation is 1. The maximum atomic E-state index is 7.36. The summed E-state index contributed by atoms with van der Waals surface area (Å²) >= 11 is 3.21. The summed E-state index contributed by atoms with van der Waals surface area (Å²) in [4.78, 5) is 3.33. The number of aromatic nitrogens is 1. The number of rotatable bonds is 4. The van der Waals surface area contributed by atoms with Crippen LogP contribution in [0.2, 0.25) is 0 Å². The predicted octanol–water partition coefficient (Wildman–Crippen LogP) is 1.87. The fourth-order valence-corrected chi connectivity index (χ4v) is 2.12. The average molecular weight is 282 g/mol. The van der Waals surface area contributed by atoms with Gasteiger partial charge in [-0.25, -0.2) is 0 Å². The SMILES string of the molecule is C=C(C)Cc1[nH]c(CC)[c]([Pd])c1C=N. The van der Waals surface area contributed by atoms with Gasteiger partial charge in [-0.2, -0.15) is 0 Å². The third-order valence-corrected chi connectivity index (χ3v) is 2.96. The van der Waals surface area contributed by atoms with Crippen molar-refractivity contribution in [2.24, 2.45) is 0 Å². The summed E-state index contributed by atoms with van der Waals surface area (Å²) in [5.41, 5.74) is 4.33. The van der Waals surface area contributed by atoms with Crippen LogP contribution in [0, 0.1) is 5.41 Å². The first-order valence-electron chi connectivity index (χ1n) is 4.61. The second-order valence-electron chi connectivity index (χ2n) is 3.41. The van der Waals surface area contributed by atoms with Crippen LogP contribution in [0.5, 0.6) is 0 Å². The molecule has 0 saturated carbocycles. The first kappa shape index (κ1) is 11.4. The van der Waals surface area contributed by atoms with Gasteiger partial charge in [-0.15, -0.1) is 0 Å². The third kappa shape index (κ3) is 2.23. The van der Waals surface area contributed by atoms with Gasteiger partial charge >= 0.3 is 95.6 Å². The van der Waals surface area contributed by atoms with Crippen molar-refractivity contribution in [3.63, 3.8) is 0 Å². The Balaban J connectivity index is 3.15. The number of aromatic amines is 1. The molecule has 0 aliphatic carbocycles. The Labute approximate surface area is 95.7 Å². The van der Waals surface area contributed by atoms with Gasteiger partial charge in [0.05, 0.1) is 0 Å². The summed E-state index contributed by atoms with van der Waals surface area (Å²) in [5.74, 6) is 0. The van der Waals surface area contributed by atoms with Gasteiger partial charge in [-0.1, -0.05) is 0 Å². The first-order valence-corrected chi connectivity index (χ1v) is 5.38. The van der Waals surface area contributed by atoms with Crippen molar-refractivity contribution in [2.45, 2.75) is 26.7 Å². The minimum atomic E-state index is 0.815. The van der Waals surface area contributed by atoms with E-state index in [2.05, 4.69) is 37.7 Å². The van der Waals surface area contributed by atoms with Crippen LogP contribution in [-0.2, 0) is 32.0 Å². The fourth-order valence-electron chi connectivity index (χ4n) is 1.41. The van der Waals surface area contributed by atoms with Crippen LogP contribution in [0.4, 0.5) is 0 Å². The van der Waals surface area contributed by atoms with E-state index in [9.17, 15) is 0 Å². The fraction of sp³-hybridized carbons (Fsp3) is 0.364. The quantitative estimate of drug-likeness (QED) is 0.481. The van der Waals surface area contributed by atoms with Gasteiger partial charge in [0.1, 0.15) is 0 Å². The molecule has 0 atom stereocenters. The van der Waals surface area contributed by atoms with Gasteiger partial charge in [0.25, 0.3) is 0 Å². The number of nitrogens with one attached hydrogen (secondary N) is 2. The Morgan fingerprint density at radius 3 is 2.64 bits per heavy atom. The zero-order valence-corrected chi connectivity index (χ0v) is 10.1. The Hall–Kier alpha value is -0.648. The third-order valence-electron chi connectivity index (χ3n) is 2.07. The number of allylic oxidation sites excluding steroid dienone is 1. The molecule has 0 radical (unpaired) electrons. The van der Waals surface area contributed by atoms with E-state index >= 15 is 0 Å². The van der Waals surface area contributed by atoms with Gasteiger partial charge in [-0.05, 0) is 0 Å². The molecule has 0 bridgehead atoms. The van der Waals surface area contributed by atoms with Crippen molar-refractivity contribution in [3.8, 4) is 0 Å². The summed E-state index contributed by atoms with van der Waals surface area (Å²) in [6, 6.07) is 0. The molecular formula is C11H15N2Pd. The van der Waals surface area contributed by atoms with E-state index in [0.717, 1.165) is 33.7 Å². The Kier molecular flexibility index (Phi) is 3.86. The number of hydrogen-bond donors (Lipinski definition) is 2. The average Bonchev–Trinajstić information content (AvgIpc) is 2.41. The van der Waals surface area contributed by atoms with Crippen molar-refractivity contribution in [1.29, 1.82) is 5.41 Å². The Bertz CT molecular complexity index is 364. The topological polar surface area (TPSA) is 39.6 Å². The van der Waals surface area contributed by atoms with Gasteiger partial charge in [-0.3, -0.25) is 0 Å². The summed E-state index contributed by atoms with van der Waals surface area (Å²) in [7, 11) is 0. The molecule has 1 aromatic rings. The number of hydrogen-bond acceptors (Lipinski definition) is 1. The van der Waals surface area contributed by atoms with Crippen molar-refractivity contribution < 1.29 is 19.2 Å². The molecule has 1 rings (SSSR count). The predicted molar refractivity (Wildman–Crippen MR) is 56.2 cm³/mol. The van der Waals surface area contributed by atoms with Gasteiger partial charge in [0.2, 0.25) is 0 Å². The molecular weight excluding hydrogens is 267 g/mol. The summed E-state index contributed by atoms with van der Waals surface area (Å²) in [6.45, 7) is 7.98. The normalized spacial score (nSPS) is 10.3. The van der Waals surface area contributed by atoms with Gasteiger partial charge in [0, 0.05) is 0 Å². The van der Waals surface area contributed by atoms with Crippen LogP contribution >= 0.6 is 0 Å². The second kappa shape index (κ2) is 4.73. The summed E-state index contributed by atoms with van der Waals surface area (Å²) < 4.78 is 1.06. The zero-order chi connectivity index (χ0) is 10.7. The van der Waals surface area contributed by atoms with Crippen LogP contribution in [0.3, 0.4) is 0 Å². The second-order valence-corrected chi connectivity index (χ2v) is 4.19. The molecule has 0 aliphatic rings. The molecule has 0 saturated heterocycles. The molecule has 0 fully saturated rings. The molecule has 2 nitrogen and oxygen atoms in total. The molecule has 14 heavy (non-hydrogen) atoms. The summed E-state index contributed by atoms with van der Waals surface area (Å²) in [6.07, 6.45) is 3.16. The maximum absolute atomic E-state index is 7.36. The summed E-state index contributed by atoms with van der Waals surface area (Å²) in [5, 5.41) is 7.36. The molecule has 0 spiro atoms. The van der Waals surface area contributed by atoms with Gasteiger partial charge < -0.3 is 0 Å². The van der Waals surface area contributed by atoms with E-state index in [-0.39, 0.29) is 0 Å². The molecule has 3 heteroatoms.